The van der Waals surface area contributed by atoms with Crippen LogP contribution in [0.4, 0.5) is 5.69 Å². The Hall–Kier alpha value is -2.17. The zero-order valence-corrected chi connectivity index (χ0v) is 13.5. The van der Waals surface area contributed by atoms with E-state index in [9.17, 15) is 14.4 Å². The summed E-state index contributed by atoms with van der Waals surface area (Å²) in [6.45, 7) is 3.80. The number of ketones is 1. The van der Waals surface area contributed by atoms with Gasteiger partial charge in [-0.05, 0) is 49.9 Å². The Kier molecular flexibility index (Phi) is 4.20. The van der Waals surface area contributed by atoms with Gasteiger partial charge in [-0.1, -0.05) is 6.42 Å². The number of anilines is 1. The van der Waals surface area contributed by atoms with Crippen LogP contribution >= 0.6 is 0 Å². The van der Waals surface area contributed by atoms with Crippen molar-refractivity contribution in [3.63, 3.8) is 0 Å². The molecule has 0 saturated heterocycles. The molecular formula is C18H21NO4. The van der Waals surface area contributed by atoms with Gasteiger partial charge in [-0.3, -0.25) is 14.4 Å². The van der Waals surface area contributed by atoms with E-state index in [4.69, 9.17) is 4.74 Å². The van der Waals surface area contributed by atoms with Gasteiger partial charge in [0, 0.05) is 24.7 Å². The molecule has 1 saturated carbocycles. The third-order valence-corrected chi connectivity index (χ3v) is 4.74. The van der Waals surface area contributed by atoms with Gasteiger partial charge < -0.3 is 9.64 Å². The number of rotatable bonds is 4. The second kappa shape index (κ2) is 6.14. The molecule has 1 unspecified atom stereocenters. The van der Waals surface area contributed by atoms with E-state index in [2.05, 4.69) is 0 Å². The van der Waals surface area contributed by atoms with Crippen molar-refractivity contribution in [3.8, 4) is 0 Å². The third-order valence-electron chi connectivity index (χ3n) is 4.74. The zero-order valence-electron chi connectivity index (χ0n) is 13.5. The molecule has 0 N–H and O–H groups in total. The van der Waals surface area contributed by atoms with E-state index in [1.807, 2.05) is 6.07 Å². The van der Waals surface area contributed by atoms with Crippen molar-refractivity contribution < 1.29 is 19.1 Å². The van der Waals surface area contributed by atoms with Crippen molar-refractivity contribution in [2.75, 3.05) is 11.4 Å². The number of carbonyl (C=O) groups excluding carboxylic acids is 3. The van der Waals surface area contributed by atoms with Gasteiger partial charge >= 0.3 is 5.97 Å². The topological polar surface area (TPSA) is 63.7 Å². The summed E-state index contributed by atoms with van der Waals surface area (Å²) < 4.78 is 5.30. The second-order valence-electron chi connectivity index (χ2n) is 6.34. The maximum atomic E-state index is 12.5. The average Bonchev–Trinajstić information content (AvgIpc) is 2.87. The molecule has 1 amide bonds. The van der Waals surface area contributed by atoms with Gasteiger partial charge in [-0.15, -0.1) is 0 Å². The number of Topliss-reactive ketones (excluding diaryl/α,β-unsaturated/α-hetero) is 1. The number of hydrogen-bond donors (Lipinski definition) is 0. The fourth-order valence-corrected chi connectivity index (χ4v) is 3.08. The smallest absolute Gasteiger partial charge is 0.309 e. The van der Waals surface area contributed by atoms with E-state index in [0.717, 1.165) is 36.9 Å². The zero-order chi connectivity index (χ0) is 16.6. The molecule has 2 aliphatic rings. The van der Waals surface area contributed by atoms with Crippen LogP contribution in [0.1, 0.15) is 49.0 Å². The van der Waals surface area contributed by atoms with E-state index in [-0.39, 0.29) is 23.6 Å². The normalized spacial score (nSPS) is 18.1. The number of fused-ring (bicyclic) bond motifs is 1. The van der Waals surface area contributed by atoms with Gasteiger partial charge in [0.15, 0.2) is 6.10 Å². The molecule has 1 atom stereocenters. The van der Waals surface area contributed by atoms with Crippen molar-refractivity contribution in [1.29, 1.82) is 0 Å². The first-order valence-corrected chi connectivity index (χ1v) is 8.13. The summed E-state index contributed by atoms with van der Waals surface area (Å²) in [6.07, 6.45) is 2.75. The minimum atomic E-state index is -0.772. The van der Waals surface area contributed by atoms with Crippen LogP contribution in [-0.4, -0.2) is 30.3 Å². The first kappa shape index (κ1) is 15.7. The Morgan fingerprint density at radius 2 is 2.00 bits per heavy atom. The molecule has 1 aromatic rings. The van der Waals surface area contributed by atoms with Crippen molar-refractivity contribution in [2.24, 2.45) is 5.92 Å². The Labute approximate surface area is 135 Å². The summed E-state index contributed by atoms with van der Waals surface area (Å²) in [5.41, 5.74) is 2.39. The Bertz CT molecular complexity index is 663. The first-order chi connectivity index (χ1) is 11.0. The summed E-state index contributed by atoms with van der Waals surface area (Å²) in [4.78, 5) is 37.6. The highest BCUT2D eigenvalue weighted by Crippen LogP contribution is 2.30. The summed E-state index contributed by atoms with van der Waals surface area (Å²) in [6, 6.07) is 5.32. The minimum absolute atomic E-state index is 0.00521. The van der Waals surface area contributed by atoms with Crippen molar-refractivity contribution in [1.82, 2.24) is 0 Å². The van der Waals surface area contributed by atoms with Gasteiger partial charge in [0.2, 0.25) is 11.7 Å². The number of esters is 1. The molecule has 0 aromatic heterocycles. The highest BCUT2D eigenvalue weighted by atomic mass is 16.5. The molecule has 1 aliphatic heterocycles. The van der Waals surface area contributed by atoms with Crippen LogP contribution in [0.15, 0.2) is 18.2 Å². The van der Waals surface area contributed by atoms with Gasteiger partial charge in [0.25, 0.3) is 0 Å². The molecule has 0 radical (unpaired) electrons. The van der Waals surface area contributed by atoms with Crippen molar-refractivity contribution in [3.05, 3.63) is 29.3 Å². The van der Waals surface area contributed by atoms with E-state index in [1.54, 1.807) is 24.0 Å². The van der Waals surface area contributed by atoms with Crippen molar-refractivity contribution >= 4 is 23.3 Å². The Balaban J connectivity index is 1.70. The fraction of sp³-hybridized carbons (Fsp3) is 0.500. The maximum Gasteiger partial charge on any atom is 0.309 e. The minimum Gasteiger partial charge on any atom is -0.454 e. The molecule has 1 fully saturated rings. The second-order valence-corrected chi connectivity index (χ2v) is 6.34. The highest BCUT2D eigenvalue weighted by Gasteiger charge is 2.30. The largest absolute Gasteiger partial charge is 0.454 e. The highest BCUT2D eigenvalue weighted by molar-refractivity contribution is 6.02. The molecule has 0 spiro atoms. The van der Waals surface area contributed by atoms with Gasteiger partial charge in [-0.2, -0.15) is 0 Å². The van der Waals surface area contributed by atoms with E-state index in [1.165, 1.54) is 6.92 Å². The number of carbonyl (C=O) groups is 3. The predicted octanol–water partition coefficient (Wildman–Crippen LogP) is 2.51. The van der Waals surface area contributed by atoms with Crippen LogP contribution in [0.3, 0.4) is 0 Å². The molecule has 5 nitrogen and oxygen atoms in total. The van der Waals surface area contributed by atoms with Crippen molar-refractivity contribution in [2.45, 2.75) is 45.6 Å². The maximum absolute atomic E-state index is 12.5. The molecule has 3 rings (SSSR count). The van der Waals surface area contributed by atoms with Crippen LogP contribution < -0.4 is 4.90 Å². The lowest BCUT2D eigenvalue weighted by Gasteiger charge is -2.24. The van der Waals surface area contributed by atoms with Crippen LogP contribution in [0.5, 0.6) is 0 Å². The standard InChI is InChI=1S/C18H21NO4/c1-11(23-18(22)13-4-3-5-13)17(21)15-6-7-16-14(10-15)8-9-19(16)12(2)20/h6-7,10-11,13H,3-5,8-9H2,1-2H3. The Morgan fingerprint density at radius 3 is 2.61 bits per heavy atom. The van der Waals surface area contributed by atoms with Crippen LogP contribution in [0.2, 0.25) is 0 Å². The summed E-state index contributed by atoms with van der Waals surface area (Å²) in [5.74, 6) is -0.484. The Morgan fingerprint density at radius 1 is 1.26 bits per heavy atom. The van der Waals surface area contributed by atoms with Gasteiger partial charge in [0.1, 0.15) is 0 Å². The van der Waals surface area contributed by atoms with Gasteiger partial charge in [-0.25, -0.2) is 0 Å². The number of ether oxygens (including phenoxy) is 1. The quantitative estimate of drug-likeness (QED) is 0.632. The van der Waals surface area contributed by atoms with Crippen LogP contribution in [0, 0.1) is 5.92 Å². The van der Waals surface area contributed by atoms with E-state index < -0.39 is 6.10 Å². The molecule has 1 heterocycles. The van der Waals surface area contributed by atoms with Crippen LogP contribution in [-0.2, 0) is 20.7 Å². The lowest BCUT2D eigenvalue weighted by atomic mass is 9.85. The SMILES string of the molecule is CC(=O)N1CCc2cc(C(=O)C(C)OC(=O)C3CCC3)ccc21. The number of nitrogens with zero attached hydrogens (tertiary/aromatic N) is 1. The fourth-order valence-electron chi connectivity index (χ4n) is 3.08. The molecule has 1 aromatic carbocycles. The number of benzene rings is 1. The number of hydrogen-bond acceptors (Lipinski definition) is 4. The molecule has 1 aliphatic carbocycles. The molecule has 122 valence electrons. The summed E-state index contributed by atoms with van der Waals surface area (Å²) in [5, 5.41) is 0. The molecule has 0 bridgehead atoms. The van der Waals surface area contributed by atoms with E-state index >= 15 is 0 Å². The van der Waals surface area contributed by atoms with E-state index in [0.29, 0.717) is 12.1 Å². The van der Waals surface area contributed by atoms with Gasteiger partial charge in [0.05, 0.1) is 5.92 Å². The summed E-state index contributed by atoms with van der Waals surface area (Å²) >= 11 is 0. The first-order valence-electron chi connectivity index (χ1n) is 8.13. The molecule has 23 heavy (non-hydrogen) atoms. The number of amides is 1. The molecular weight excluding hydrogens is 294 g/mol. The lowest BCUT2D eigenvalue weighted by molar-refractivity contribution is -0.154. The average molecular weight is 315 g/mol. The third kappa shape index (κ3) is 3.00. The monoisotopic (exact) mass is 315 g/mol. The lowest BCUT2D eigenvalue weighted by Crippen LogP contribution is -2.31. The predicted molar refractivity (Wildman–Crippen MR) is 85.4 cm³/mol. The molecule has 5 heteroatoms. The summed E-state index contributed by atoms with van der Waals surface area (Å²) in [7, 11) is 0. The van der Waals surface area contributed by atoms with Crippen LogP contribution in [0.25, 0.3) is 0 Å².